The molecule has 0 bridgehead atoms. The number of hydrogen-bond donors (Lipinski definition) is 1. The van der Waals surface area contributed by atoms with Crippen LogP contribution in [0.1, 0.15) is 30.3 Å². The molecule has 1 heterocycles. The Hall–Kier alpha value is -1.70. The summed E-state index contributed by atoms with van der Waals surface area (Å²) in [4.78, 5) is 3.56. The fraction of sp³-hybridized carbons (Fsp3) is 0.462. The van der Waals surface area contributed by atoms with Gasteiger partial charge in [-0.25, -0.2) is 4.98 Å². The smallest absolute Gasteiger partial charge is 0.326 e. The standard InChI is InChI=1S/C13H12F5N3/c14-12(15,13(16,17)18)11-20-9-5-7(6-19)1-4-10(9)21(11)8-2-3-8/h1,4-5,8H,2-3,6,19H2. The molecule has 1 saturated carbocycles. The zero-order valence-corrected chi connectivity index (χ0v) is 10.8. The summed E-state index contributed by atoms with van der Waals surface area (Å²) >= 11 is 0. The molecule has 114 valence electrons. The van der Waals surface area contributed by atoms with E-state index in [-0.39, 0.29) is 23.6 Å². The number of rotatable bonds is 3. The Balaban J connectivity index is 2.24. The van der Waals surface area contributed by atoms with E-state index in [1.165, 1.54) is 12.1 Å². The van der Waals surface area contributed by atoms with Crippen molar-refractivity contribution in [1.29, 1.82) is 0 Å². The lowest BCUT2D eigenvalue weighted by molar-refractivity contribution is -0.293. The van der Waals surface area contributed by atoms with Gasteiger partial charge in [-0.1, -0.05) is 6.07 Å². The molecule has 2 aromatic rings. The van der Waals surface area contributed by atoms with E-state index in [1.54, 1.807) is 6.07 Å². The Morgan fingerprint density at radius 2 is 1.86 bits per heavy atom. The summed E-state index contributed by atoms with van der Waals surface area (Å²) in [6.45, 7) is 0.164. The van der Waals surface area contributed by atoms with Crippen LogP contribution in [0.25, 0.3) is 11.0 Å². The van der Waals surface area contributed by atoms with Crippen LogP contribution in [0, 0.1) is 0 Å². The van der Waals surface area contributed by atoms with Gasteiger partial charge in [-0.15, -0.1) is 0 Å². The molecule has 1 fully saturated rings. The van der Waals surface area contributed by atoms with Gasteiger partial charge >= 0.3 is 12.1 Å². The Morgan fingerprint density at radius 1 is 1.19 bits per heavy atom. The van der Waals surface area contributed by atoms with Crippen molar-refractivity contribution in [2.45, 2.75) is 37.5 Å². The van der Waals surface area contributed by atoms with Gasteiger partial charge in [0.15, 0.2) is 5.82 Å². The van der Waals surface area contributed by atoms with Crippen LogP contribution in [0.2, 0.25) is 0 Å². The van der Waals surface area contributed by atoms with Gasteiger partial charge in [0.1, 0.15) is 0 Å². The first-order valence-corrected chi connectivity index (χ1v) is 6.41. The number of aromatic nitrogens is 2. The summed E-state index contributed by atoms with van der Waals surface area (Å²) in [7, 11) is 0. The van der Waals surface area contributed by atoms with E-state index in [2.05, 4.69) is 4.98 Å². The number of hydrogen-bond acceptors (Lipinski definition) is 2. The molecular weight excluding hydrogens is 293 g/mol. The molecule has 1 aliphatic carbocycles. The predicted molar refractivity (Wildman–Crippen MR) is 65.8 cm³/mol. The number of alkyl halides is 5. The predicted octanol–water partition coefficient (Wildman–Crippen LogP) is 3.48. The highest BCUT2D eigenvalue weighted by atomic mass is 19.4. The minimum Gasteiger partial charge on any atom is -0.326 e. The Morgan fingerprint density at radius 3 is 2.38 bits per heavy atom. The van der Waals surface area contributed by atoms with Crippen molar-refractivity contribution < 1.29 is 22.0 Å². The lowest BCUT2D eigenvalue weighted by Gasteiger charge is -2.20. The number of benzene rings is 1. The van der Waals surface area contributed by atoms with Crippen LogP contribution in [0.5, 0.6) is 0 Å². The minimum absolute atomic E-state index is 0.115. The van der Waals surface area contributed by atoms with E-state index in [0.717, 1.165) is 4.57 Å². The molecule has 21 heavy (non-hydrogen) atoms. The fourth-order valence-electron chi connectivity index (χ4n) is 2.32. The highest BCUT2D eigenvalue weighted by Crippen LogP contribution is 2.48. The summed E-state index contributed by atoms with van der Waals surface area (Å²) in [5.41, 5.74) is 6.48. The van der Waals surface area contributed by atoms with Crippen molar-refractivity contribution in [2.75, 3.05) is 0 Å². The fourth-order valence-corrected chi connectivity index (χ4v) is 2.32. The first kappa shape index (κ1) is 14.2. The van der Waals surface area contributed by atoms with Gasteiger partial charge in [-0.05, 0) is 30.5 Å². The van der Waals surface area contributed by atoms with Gasteiger partial charge in [0, 0.05) is 12.6 Å². The lowest BCUT2D eigenvalue weighted by atomic mass is 10.2. The number of imidazole rings is 1. The molecule has 1 aliphatic rings. The second-order valence-electron chi connectivity index (χ2n) is 5.14. The summed E-state index contributed by atoms with van der Waals surface area (Å²) in [5.74, 6) is -6.21. The van der Waals surface area contributed by atoms with Crippen LogP contribution in [-0.4, -0.2) is 15.7 Å². The second-order valence-corrected chi connectivity index (χ2v) is 5.14. The zero-order valence-electron chi connectivity index (χ0n) is 10.8. The first-order valence-electron chi connectivity index (χ1n) is 6.41. The van der Waals surface area contributed by atoms with Crippen molar-refractivity contribution in [1.82, 2.24) is 9.55 Å². The maximum absolute atomic E-state index is 13.7. The molecular formula is C13H12F5N3. The van der Waals surface area contributed by atoms with Crippen molar-refractivity contribution >= 4 is 11.0 Å². The number of nitrogens with zero attached hydrogens (tertiary/aromatic N) is 2. The van der Waals surface area contributed by atoms with Crippen molar-refractivity contribution in [3.63, 3.8) is 0 Å². The second kappa shape index (κ2) is 4.40. The van der Waals surface area contributed by atoms with E-state index >= 15 is 0 Å². The Kier molecular flexibility index (Phi) is 2.98. The van der Waals surface area contributed by atoms with Crippen molar-refractivity contribution in [3.8, 4) is 0 Å². The van der Waals surface area contributed by atoms with Crippen LogP contribution in [0.4, 0.5) is 22.0 Å². The maximum atomic E-state index is 13.7. The molecule has 3 nitrogen and oxygen atoms in total. The molecule has 0 atom stereocenters. The molecule has 0 radical (unpaired) electrons. The van der Waals surface area contributed by atoms with Gasteiger partial charge < -0.3 is 10.3 Å². The number of nitrogens with two attached hydrogens (primary N) is 1. The summed E-state index contributed by atoms with van der Waals surface area (Å²) in [5, 5.41) is 0. The molecule has 0 amide bonds. The minimum atomic E-state index is -5.67. The Bertz CT molecular complexity index is 685. The van der Waals surface area contributed by atoms with Gasteiger partial charge in [-0.2, -0.15) is 22.0 Å². The molecule has 0 saturated heterocycles. The van der Waals surface area contributed by atoms with E-state index in [0.29, 0.717) is 18.4 Å². The summed E-state index contributed by atoms with van der Waals surface area (Å²) in [6.07, 6.45) is -4.52. The number of halogens is 5. The molecule has 3 rings (SSSR count). The van der Waals surface area contributed by atoms with E-state index < -0.39 is 17.9 Å². The lowest BCUT2D eigenvalue weighted by Crippen LogP contribution is -2.36. The van der Waals surface area contributed by atoms with Crippen LogP contribution in [0.3, 0.4) is 0 Å². The summed E-state index contributed by atoms with van der Waals surface area (Å²) in [6, 6.07) is 4.21. The average molecular weight is 305 g/mol. The molecule has 1 aromatic heterocycles. The quantitative estimate of drug-likeness (QED) is 0.882. The van der Waals surface area contributed by atoms with Gasteiger partial charge in [0.25, 0.3) is 0 Å². The van der Waals surface area contributed by atoms with Gasteiger partial charge in [-0.3, -0.25) is 0 Å². The largest absolute Gasteiger partial charge is 0.461 e. The van der Waals surface area contributed by atoms with Crippen LogP contribution >= 0.6 is 0 Å². The van der Waals surface area contributed by atoms with Crippen LogP contribution in [-0.2, 0) is 12.5 Å². The van der Waals surface area contributed by atoms with Gasteiger partial charge in [0.2, 0.25) is 0 Å². The van der Waals surface area contributed by atoms with Crippen LogP contribution in [0.15, 0.2) is 18.2 Å². The van der Waals surface area contributed by atoms with E-state index in [1.807, 2.05) is 0 Å². The van der Waals surface area contributed by atoms with Crippen molar-refractivity contribution in [3.05, 3.63) is 29.6 Å². The highest BCUT2D eigenvalue weighted by Gasteiger charge is 2.62. The van der Waals surface area contributed by atoms with Crippen molar-refractivity contribution in [2.24, 2.45) is 5.73 Å². The molecule has 0 spiro atoms. The topological polar surface area (TPSA) is 43.8 Å². The van der Waals surface area contributed by atoms with Gasteiger partial charge in [0.05, 0.1) is 11.0 Å². The summed E-state index contributed by atoms with van der Waals surface area (Å²) < 4.78 is 66.3. The molecule has 0 aliphatic heterocycles. The maximum Gasteiger partial charge on any atom is 0.461 e. The normalized spacial score (nSPS) is 16.7. The third kappa shape index (κ3) is 2.17. The average Bonchev–Trinajstić information content (AvgIpc) is 3.16. The third-order valence-corrected chi connectivity index (χ3v) is 3.54. The van der Waals surface area contributed by atoms with E-state index in [4.69, 9.17) is 5.73 Å². The monoisotopic (exact) mass is 305 g/mol. The van der Waals surface area contributed by atoms with E-state index in [9.17, 15) is 22.0 Å². The SMILES string of the molecule is NCc1ccc2c(c1)nc(C(F)(F)C(F)(F)F)n2C1CC1. The molecule has 8 heteroatoms. The zero-order chi connectivity index (χ0) is 15.4. The molecule has 1 aromatic carbocycles. The first-order chi connectivity index (χ1) is 9.75. The number of fused-ring (bicyclic) bond motifs is 1. The molecule has 2 N–H and O–H groups in total. The van der Waals surface area contributed by atoms with Crippen LogP contribution < -0.4 is 5.73 Å². The molecule has 0 unspecified atom stereocenters. The third-order valence-electron chi connectivity index (χ3n) is 3.54. The highest BCUT2D eigenvalue weighted by molar-refractivity contribution is 5.77. The Labute approximate surface area is 116 Å².